The highest BCUT2D eigenvalue weighted by Crippen LogP contribution is 2.21. The van der Waals surface area contributed by atoms with E-state index in [0.29, 0.717) is 19.7 Å². The summed E-state index contributed by atoms with van der Waals surface area (Å²) in [6.07, 6.45) is 3.69. The SMILES string of the molecule is CNCC1CCCCN1S(=O)(=O)NC1CCOC1C. The van der Waals surface area contributed by atoms with Gasteiger partial charge in [-0.25, -0.2) is 0 Å². The van der Waals surface area contributed by atoms with Gasteiger partial charge in [-0.15, -0.1) is 0 Å². The van der Waals surface area contributed by atoms with E-state index in [1.165, 1.54) is 0 Å². The van der Waals surface area contributed by atoms with Gasteiger partial charge in [0.1, 0.15) is 0 Å². The number of ether oxygens (including phenoxy) is 1. The van der Waals surface area contributed by atoms with Gasteiger partial charge >= 0.3 is 0 Å². The Kier molecular flexibility index (Phi) is 5.19. The third-order valence-corrected chi connectivity index (χ3v) is 5.70. The van der Waals surface area contributed by atoms with Crippen molar-refractivity contribution < 1.29 is 13.2 Å². The normalized spacial score (nSPS) is 33.7. The van der Waals surface area contributed by atoms with E-state index in [0.717, 1.165) is 25.7 Å². The Balaban J connectivity index is 2.03. The number of hydrogen-bond acceptors (Lipinski definition) is 4. The Morgan fingerprint density at radius 2 is 2.11 bits per heavy atom. The van der Waals surface area contributed by atoms with Gasteiger partial charge in [0.05, 0.1) is 12.1 Å². The quantitative estimate of drug-likeness (QED) is 0.752. The first-order valence-electron chi connectivity index (χ1n) is 7.10. The number of hydrogen-bond donors (Lipinski definition) is 2. The molecule has 2 aliphatic heterocycles. The van der Waals surface area contributed by atoms with Crippen LogP contribution in [0.2, 0.25) is 0 Å². The van der Waals surface area contributed by atoms with Gasteiger partial charge in [0.2, 0.25) is 0 Å². The summed E-state index contributed by atoms with van der Waals surface area (Å²) in [6.45, 7) is 3.87. The summed E-state index contributed by atoms with van der Waals surface area (Å²) in [4.78, 5) is 0. The molecule has 0 saturated carbocycles. The molecule has 0 aromatic heterocycles. The van der Waals surface area contributed by atoms with E-state index in [9.17, 15) is 8.42 Å². The molecule has 0 aromatic rings. The van der Waals surface area contributed by atoms with Crippen LogP contribution in [-0.4, -0.2) is 57.7 Å². The van der Waals surface area contributed by atoms with Crippen molar-refractivity contribution in [2.75, 3.05) is 26.7 Å². The maximum absolute atomic E-state index is 12.5. The molecule has 3 atom stereocenters. The highest BCUT2D eigenvalue weighted by molar-refractivity contribution is 7.87. The third-order valence-electron chi connectivity index (χ3n) is 4.00. The summed E-state index contributed by atoms with van der Waals surface area (Å²) in [5, 5.41) is 3.08. The first-order valence-corrected chi connectivity index (χ1v) is 8.54. The molecule has 7 heteroatoms. The largest absolute Gasteiger partial charge is 0.377 e. The van der Waals surface area contributed by atoms with Crippen molar-refractivity contribution in [2.45, 2.75) is 50.8 Å². The van der Waals surface area contributed by atoms with Gasteiger partial charge < -0.3 is 10.1 Å². The smallest absolute Gasteiger partial charge is 0.280 e. The van der Waals surface area contributed by atoms with Crippen molar-refractivity contribution in [3.63, 3.8) is 0 Å². The second-order valence-corrected chi connectivity index (χ2v) is 7.07. The second-order valence-electron chi connectivity index (χ2n) is 5.41. The van der Waals surface area contributed by atoms with Gasteiger partial charge in [0.25, 0.3) is 10.2 Å². The molecule has 0 aliphatic carbocycles. The topological polar surface area (TPSA) is 70.7 Å². The van der Waals surface area contributed by atoms with E-state index in [4.69, 9.17) is 4.74 Å². The molecule has 2 heterocycles. The monoisotopic (exact) mass is 291 g/mol. The first kappa shape index (κ1) is 15.2. The Labute approximate surface area is 116 Å². The summed E-state index contributed by atoms with van der Waals surface area (Å²) < 4.78 is 34.9. The van der Waals surface area contributed by atoms with Gasteiger partial charge in [-0.1, -0.05) is 6.42 Å². The van der Waals surface area contributed by atoms with Crippen LogP contribution in [-0.2, 0) is 14.9 Å². The first-order chi connectivity index (χ1) is 9.04. The molecule has 19 heavy (non-hydrogen) atoms. The lowest BCUT2D eigenvalue weighted by atomic mass is 10.1. The molecule has 2 aliphatic rings. The summed E-state index contributed by atoms with van der Waals surface area (Å²) in [7, 11) is -1.55. The fraction of sp³-hybridized carbons (Fsp3) is 1.00. The van der Waals surface area contributed by atoms with Crippen LogP contribution in [0.25, 0.3) is 0 Å². The molecule has 2 saturated heterocycles. The third kappa shape index (κ3) is 3.66. The van der Waals surface area contributed by atoms with Crippen molar-refractivity contribution in [3.05, 3.63) is 0 Å². The minimum absolute atomic E-state index is 0.0395. The molecule has 112 valence electrons. The predicted octanol–water partition coefficient (Wildman–Crippen LogP) is 0.0721. The van der Waals surface area contributed by atoms with Gasteiger partial charge in [-0.3, -0.25) is 0 Å². The Morgan fingerprint density at radius 1 is 1.32 bits per heavy atom. The minimum Gasteiger partial charge on any atom is -0.377 e. The van der Waals surface area contributed by atoms with E-state index in [-0.39, 0.29) is 18.2 Å². The van der Waals surface area contributed by atoms with Crippen LogP contribution in [0.1, 0.15) is 32.6 Å². The van der Waals surface area contributed by atoms with E-state index in [2.05, 4.69) is 10.0 Å². The predicted molar refractivity (Wildman–Crippen MR) is 74.1 cm³/mol. The summed E-state index contributed by atoms with van der Waals surface area (Å²) in [5.74, 6) is 0. The molecular weight excluding hydrogens is 266 g/mol. The van der Waals surface area contributed by atoms with Crippen LogP contribution in [0.5, 0.6) is 0 Å². The Bertz CT molecular complexity index is 386. The number of nitrogens with zero attached hydrogens (tertiary/aromatic N) is 1. The van der Waals surface area contributed by atoms with Crippen molar-refractivity contribution in [3.8, 4) is 0 Å². The van der Waals surface area contributed by atoms with Crippen molar-refractivity contribution >= 4 is 10.2 Å². The standard InChI is InChI=1S/C12H25N3O3S/c1-10-12(6-8-18-10)14-19(16,17)15-7-4-3-5-11(15)9-13-2/h10-14H,3-9H2,1-2H3. The molecule has 2 fully saturated rings. The second kappa shape index (κ2) is 6.49. The molecule has 0 radical (unpaired) electrons. The van der Waals surface area contributed by atoms with Crippen LogP contribution in [0, 0.1) is 0 Å². The van der Waals surface area contributed by atoms with Gasteiger partial charge in [-0.2, -0.15) is 17.4 Å². The molecule has 0 aromatic carbocycles. The number of nitrogens with one attached hydrogen (secondary N) is 2. The van der Waals surface area contributed by atoms with Crippen LogP contribution in [0.3, 0.4) is 0 Å². The molecule has 6 nitrogen and oxygen atoms in total. The molecule has 2 rings (SSSR count). The lowest BCUT2D eigenvalue weighted by Gasteiger charge is -2.35. The molecule has 2 N–H and O–H groups in total. The van der Waals surface area contributed by atoms with E-state index < -0.39 is 10.2 Å². The molecular formula is C12H25N3O3S. The van der Waals surface area contributed by atoms with Crippen LogP contribution in [0.15, 0.2) is 0 Å². The average Bonchev–Trinajstić information content (AvgIpc) is 2.75. The van der Waals surface area contributed by atoms with Crippen LogP contribution in [0.4, 0.5) is 0 Å². The highest BCUT2D eigenvalue weighted by atomic mass is 32.2. The zero-order chi connectivity index (χ0) is 13.9. The zero-order valence-electron chi connectivity index (χ0n) is 11.8. The van der Waals surface area contributed by atoms with Crippen molar-refractivity contribution in [2.24, 2.45) is 0 Å². The summed E-state index contributed by atoms with van der Waals surface area (Å²) in [6, 6.07) is -0.0314. The number of piperidine rings is 1. The minimum atomic E-state index is -3.41. The average molecular weight is 291 g/mol. The van der Waals surface area contributed by atoms with Crippen LogP contribution >= 0.6 is 0 Å². The fourth-order valence-corrected chi connectivity index (χ4v) is 4.64. The zero-order valence-corrected chi connectivity index (χ0v) is 12.6. The fourth-order valence-electron chi connectivity index (χ4n) is 2.88. The lowest BCUT2D eigenvalue weighted by Crippen LogP contribution is -2.54. The van der Waals surface area contributed by atoms with Gasteiger partial charge in [0.15, 0.2) is 0 Å². The number of likely N-dealkylation sites (N-methyl/N-ethyl adjacent to an activating group) is 1. The Morgan fingerprint density at radius 3 is 2.74 bits per heavy atom. The van der Waals surface area contributed by atoms with Crippen molar-refractivity contribution in [1.29, 1.82) is 0 Å². The number of rotatable bonds is 5. The molecule has 3 unspecified atom stereocenters. The maximum atomic E-state index is 12.5. The van der Waals surface area contributed by atoms with Crippen molar-refractivity contribution in [1.82, 2.24) is 14.3 Å². The van der Waals surface area contributed by atoms with Crippen LogP contribution < -0.4 is 10.0 Å². The van der Waals surface area contributed by atoms with Gasteiger partial charge in [-0.05, 0) is 33.2 Å². The summed E-state index contributed by atoms with van der Waals surface area (Å²) >= 11 is 0. The van der Waals surface area contributed by atoms with E-state index in [1.54, 1.807) is 4.31 Å². The Hall–Kier alpha value is -0.210. The molecule has 0 bridgehead atoms. The lowest BCUT2D eigenvalue weighted by molar-refractivity contribution is 0.116. The van der Waals surface area contributed by atoms with Gasteiger partial charge in [0, 0.05) is 25.7 Å². The van der Waals surface area contributed by atoms with E-state index >= 15 is 0 Å². The molecule has 0 spiro atoms. The van der Waals surface area contributed by atoms with E-state index in [1.807, 2.05) is 14.0 Å². The molecule has 0 amide bonds. The summed E-state index contributed by atoms with van der Waals surface area (Å²) in [5.41, 5.74) is 0. The maximum Gasteiger partial charge on any atom is 0.280 e. The highest BCUT2D eigenvalue weighted by Gasteiger charge is 2.35.